The van der Waals surface area contributed by atoms with E-state index in [1.54, 1.807) is 12.4 Å². The molecule has 7 nitrogen and oxygen atoms in total. The molecule has 2 aliphatic heterocycles. The Kier molecular flexibility index (Phi) is 5.22. The number of ether oxygens (including phenoxy) is 1. The Morgan fingerprint density at radius 3 is 2.57 bits per heavy atom. The van der Waals surface area contributed by atoms with Gasteiger partial charge in [0.1, 0.15) is 5.75 Å². The molecule has 1 N–H and O–H groups in total. The Hall–Kier alpha value is -2.07. The molecule has 4 heterocycles. The zero-order valence-electron chi connectivity index (χ0n) is 16.7. The van der Waals surface area contributed by atoms with Crippen LogP contribution in [0.3, 0.4) is 0 Å². The first kappa shape index (κ1) is 19.9. The van der Waals surface area contributed by atoms with Crippen LogP contribution < -0.4 is 9.46 Å². The molecular formula is C21H24N4O3S2. The van der Waals surface area contributed by atoms with Crippen molar-refractivity contribution in [1.82, 2.24) is 19.6 Å². The van der Waals surface area contributed by atoms with E-state index in [-0.39, 0.29) is 6.04 Å². The summed E-state index contributed by atoms with van der Waals surface area (Å²) >= 11 is 1.48. The zero-order valence-corrected chi connectivity index (χ0v) is 18.3. The lowest BCUT2D eigenvalue weighted by molar-refractivity contribution is 0.116. The fraction of sp³-hybridized carbons (Fsp3) is 0.429. The molecular weight excluding hydrogens is 420 g/mol. The minimum atomic E-state index is -3.15. The largest absolute Gasteiger partial charge is 0.431 e. The summed E-state index contributed by atoms with van der Waals surface area (Å²) in [6, 6.07) is 11.0. The Morgan fingerprint density at radius 1 is 1.17 bits per heavy atom. The molecule has 158 valence electrons. The molecule has 0 aliphatic carbocycles. The van der Waals surface area contributed by atoms with Crippen LogP contribution >= 0.6 is 11.3 Å². The zero-order chi connectivity index (χ0) is 20.7. The van der Waals surface area contributed by atoms with Gasteiger partial charge in [-0.2, -0.15) is 0 Å². The van der Waals surface area contributed by atoms with Crippen molar-refractivity contribution in [2.45, 2.75) is 50.4 Å². The second-order valence-electron chi connectivity index (χ2n) is 8.18. The van der Waals surface area contributed by atoms with Crippen LogP contribution in [0.1, 0.15) is 31.2 Å². The van der Waals surface area contributed by atoms with Gasteiger partial charge < -0.3 is 4.74 Å². The first-order valence-corrected chi connectivity index (χ1v) is 12.8. The van der Waals surface area contributed by atoms with Crippen molar-refractivity contribution in [3.63, 3.8) is 0 Å². The number of pyridine rings is 1. The number of hydrogen-bond donors (Lipinski definition) is 1. The summed E-state index contributed by atoms with van der Waals surface area (Å²) in [4.78, 5) is 11.1. The van der Waals surface area contributed by atoms with Crippen LogP contribution in [-0.2, 0) is 16.6 Å². The molecule has 30 heavy (non-hydrogen) atoms. The molecule has 9 heteroatoms. The molecule has 2 fully saturated rings. The van der Waals surface area contributed by atoms with Crippen molar-refractivity contribution < 1.29 is 13.2 Å². The molecule has 0 saturated carbocycles. The van der Waals surface area contributed by atoms with Gasteiger partial charge in [0, 0.05) is 37.1 Å². The SMILES string of the molecule is CS(=O)(=O)NC1C[C@H]2CC[C@H](C1)N2Cc1ccc(Oc2nc3ccncc3s2)cc1. The van der Waals surface area contributed by atoms with Crippen LogP contribution in [-0.4, -0.2) is 47.7 Å². The molecule has 1 aromatic carbocycles. The van der Waals surface area contributed by atoms with E-state index in [4.69, 9.17) is 4.74 Å². The number of nitrogens with one attached hydrogen (secondary N) is 1. The number of thiazole rings is 1. The van der Waals surface area contributed by atoms with Crippen LogP contribution in [0.5, 0.6) is 10.9 Å². The van der Waals surface area contributed by atoms with Gasteiger partial charge in [-0.3, -0.25) is 9.88 Å². The molecule has 0 radical (unpaired) electrons. The van der Waals surface area contributed by atoms with E-state index in [1.807, 2.05) is 18.2 Å². The third kappa shape index (κ3) is 4.34. The summed E-state index contributed by atoms with van der Waals surface area (Å²) in [5.74, 6) is 0.768. The summed E-state index contributed by atoms with van der Waals surface area (Å²) in [7, 11) is -3.15. The molecule has 0 amide bonds. The van der Waals surface area contributed by atoms with E-state index < -0.39 is 10.0 Å². The molecule has 3 aromatic rings. The number of fused-ring (bicyclic) bond motifs is 3. The van der Waals surface area contributed by atoms with Gasteiger partial charge in [-0.05, 0) is 49.4 Å². The quantitative estimate of drug-likeness (QED) is 0.626. The van der Waals surface area contributed by atoms with E-state index in [1.165, 1.54) is 23.2 Å². The maximum absolute atomic E-state index is 11.6. The second-order valence-corrected chi connectivity index (χ2v) is 11.0. The Morgan fingerprint density at radius 2 is 1.90 bits per heavy atom. The summed E-state index contributed by atoms with van der Waals surface area (Å²) in [6.45, 7) is 0.883. The number of nitrogens with zero attached hydrogens (tertiary/aromatic N) is 3. The average Bonchev–Trinajstić information content (AvgIpc) is 3.19. The van der Waals surface area contributed by atoms with Gasteiger partial charge in [-0.1, -0.05) is 23.5 Å². The Balaban J connectivity index is 1.22. The molecule has 2 saturated heterocycles. The molecule has 0 spiro atoms. The predicted molar refractivity (Wildman–Crippen MR) is 117 cm³/mol. The van der Waals surface area contributed by atoms with Gasteiger partial charge in [-0.15, -0.1) is 0 Å². The maximum Gasteiger partial charge on any atom is 0.279 e. The third-order valence-corrected chi connectivity index (χ3v) is 7.58. The molecule has 2 bridgehead atoms. The van der Waals surface area contributed by atoms with Crippen LogP contribution in [0, 0.1) is 0 Å². The topological polar surface area (TPSA) is 84.4 Å². The van der Waals surface area contributed by atoms with E-state index in [9.17, 15) is 8.42 Å². The number of aromatic nitrogens is 2. The lowest BCUT2D eigenvalue weighted by Gasteiger charge is -2.39. The van der Waals surface area contributed by atoms with Crippen molar-refractivity contribution in [3.05, 3.63) is 48.3 Å². The predicted octanol–water partition coefficient (Wildman–Crippen LogP) is 3.53. The molecule has 2 atom stereocenters. The number of hydrogen-bond acceptors (Lipinski definition) is 7. The highest BCUT2D eigenvalue weighted by molar-refractivity contribution is 7.88. The van der Waals surface area contributed by atoms with Crippen molar-refractivity contribution >= 4 is 31.6 Å². The van der Waals surface area contributed by atoms with E-state index in [0.29, 0.717) is 17.3 Å². The highest BCUT2D eigenvalue weighted by Gasteiger charge is 2.41. The lowest BCUT2D eigenvalue weighted by atomic mass is 9.97. The van der Waals surface area contributed by atoms with E-state index >= 15 is 0 Å². The Labute approximate surface area is 180 Å². The van der Waals surface area contributed by atoms with E-state index in [0.717, 1.165) is 48.2 Å². The van der Waals surface area contributed by atoms with Gasteiger partial charge in [0.15, 0.2) is 0 Å². The van der Waals surface area contributed by atoms with Crippen LogP contribution in [0.4, 0.5) is 0 Å². The highest BCUT2D eigenvalue weighted by atomic mass is 32.2. The molecule has 5 rings (SSSR count). The van der Waals surface area contributed by atoms with Crippen molar-refractivity contribution in [2.24, 2.45) is 0 Å². The smallest absolute Gasteiger partial charge is 0.279 e. The summed E-state index contributed by atoms with van der Waals surface area (Å²) in [6.07, 6.45) is 8.82. The number of benzene rings is 1. The highest BCUT2D eigenvalue weighted by Crippen LogP contribution is 2.37. The fourth-order valence-corrected chi connectivity index (χ4v) is 6.31. The minimum Gasteiger partial charge on any atom is -0.431 e. The normalized spacial score (nSPS) is 24.4. The standard InChI is InChI=1S/C21H24N4O3S2/c1-30(26,27)24-15-10-16-4-5-17(11-15)25(16)13-14-2-6-18(7-3-14)28-21-23-19-8-9-22-12-20(19)29-21/h2-3,6-9,12,15-17,24H,4-5,10-11,13H2,1H3/t16-,17-/m1/s1. The fourth-order valence-electron chi connectivity index (χ4n) is 4.71. The van der Waals surface area contributed by atoms with Crippen LogP contribution in [0.2, 0.25) is 0 Å². The molecule has 2 aromatic heterocycles. The first-order valence-electron chi connectivity index (χ1n) is 10.1. The third-order valence-electron chi connectivity index (χ3n) is 5.93. The average molecular weight is 445 g/mol. The van der Waals surface area contributed by atoms with Crippen LogP contribution in [0.25, 0.3) is 10.2 Å². The summed E-state index contributed by atoms with van der Waals surface area (Å²) in [5.41, 5.74) is 2.13. The van der Waals surface area contributed by atoms with Gasteiger partial charge in [-0.25, -0.2) is 18.1 Å². The Bertz CT molecular complexity index is 1100. The number of rotatable bonds is 6. The van der Waals surface area contributed by atoms with Gasteiger partial charge in [0.2, 0.25) is 10.0 Å². The lowest BCUT2D eigenvalue weighted by Crippen LogP contribution is -2.49. The summed E-state index contributed by atoms with van der Waals surface area (Å²) < 4.78 is 32.9. The number of sulfonamides is 1. The second kappa shape index (κ2) is 7.88. The van der Waals surface area contributed by atoms with Crippen molar-refractivity contribution in [2.75, 3.05) is 6.26 Å². The molecule has 0 unspecified atom stereocenters. The van der Waals surface area contributed by atoms with Gasteiger partial charge in [0.05, 0.1) is 16.5 Å². The summed E-state index contributed by atoms with van der Waals surface area (Å²) in [5, 5.41) is 0.615. The van der Waals surface area contributed by atoms with Crippen molar-refractivity contribution in [1.29, 1.82) is 0 Å². The minimum absolute atomic E-state index is 0.0635. The monoisotopic (exact) mass is 444 g/mol. The number of piperidine rings is 1. The maximum atomic E-state index is 11.6. The first-order chi connectivity index (χ1) is 14.4. The van der Waals surface area contributed by atoms with Crippen LogP contribution in [0.15, 0.2) is 42.7 Å². The van der Waals surface area contributed by atoms with E-state index in [2.05, 4.69) is 31.7 Å². The molecule has 2 aliphatic rings. The van der Waals surface area contributed by atoms with Gasteiger partial charge >= 0.3 is 0 Å². The van der Waals surface area contributed by atoms with Gasteiger partial charge in [0.25, 0.3) is 5.19 Å². The van der Waals surface area contributed by atoms with Crippen molar-refractivity contribution in [3.8, 4) is 10.9 Å².